The molecule has 0 aliphatic rings. The number of carbonyl (C=O) groups excluding carboxylic acids is 1. The van der Waals surface area contributed by atoms with Crippen molar-refractivity contribution in [1.82, 2.24) is 0 Å². The Bertz CT molecular complexity index is 643. The first kappa shape index (κ1) is 15.1. The number of ether oxygens (including phenoxy) is 1. The molecule has 0 saturated carbocycles. The maximum Gasteiger partial charge on any atom is 0.258 e. The van der Waals surface area contributed by atoms with E-state index in [9.17, 15) is 9.90 Å². The molecule has 0 fully saturated rings. The van der Waals surface area contributed by atoms with Crippen LogP contribution in [0.3, 0.4) is 0 Å². The van der Waals surface area contributed by atoms with E-state index in [1.54, 1.807) is 18.2 Å². The van der Waals surface area contributed by atoms with Crippen molar-refractivity contribution in [3.05, 3.63) is 44.1 Å². The second-order valence-electron chi connectivity index (χ2n) is 3.88. The van der Waals surface area contributed by atoms with Crippen LogP contribution in [0.25, 0.3) is 0 Å². The number of carbonyl (C=O) groups is 1. The van der Waals surface area contributed by atoms with Gasteiger partial charge in [-0.05, 0) is 24.3 Å². The standard InChI is InChI=1S/C13H11Cl2NO3S/c1-19-10-3-2-8(4-7(10)6-17)16-13(18)9-5-11(14)20-12(9)15/h2-5,17H,6H2,1H3,(H,16,18). The van der Waals surface area contributed by atoms with E-state index < -0.39 is 0 Å². The van der Waals surface area contributed by atoms with E-state index in [2.05, 4.69) is 5.32 Å². The van der Waals surface area contributed by atoms with Crippen LogP contribution in [0.2, 0.25) is 8.67 Å². The lowest BCUT2D eigenvalue weighted by atomic mass is 10.2. The van der Waals surface area contributed by atoms with E-state index in [4.69, 9.17) is 27.9 Å². The molecule has 0 saturated heterocycles. The number of aliphatic hydroxyl groups excluding tert-OH is 1. The van der Waals surface area contributed by atoms with Crippen molar-refractivity contribution < 1.29 is 14.6 Å². The number of benzene rings is 1. The van der Waals surface area contributed by atoms with Crippen molar-refractivity contribution in [2.45, 2.75) is 6.61 Å². The van der Waals surface area contributed by atoms with Gasteiger partial charge in [-0.1, -0.05) is 23.2 Å². The van der Waals surface area contributed by atoms with Crippen molar-refractivity contribution in [2.24, 2.45) is 0 Å². The number of nitrogens with one attached hydrogen (secondary N) is 1. The summed E-state index contributed by atoms with van der Waals surface area (Å²) < 4.78 is 5.88. The lowest BCUT2D eigenvalue weighted by molar-refractivity contribution is 0.102. The van der Waals surface area contributed by atoms with E-state index in [1.807, 2.05) is 0 Å². The average molecular weight is 332 g/mol. The van der Waals surface area contributed by atoms with Crippen LogP contribution in [0.4, 0.5) is 5.69 Å². The largest absolute Gasteiger partial charge is 0.496 e. The molecular weight excluding hydrogens is 321 g/mol. The highest BCUT2D eigenvalue weighted by molar-refractivity contribution is 7.20. The van der Waals surface area contributed by atoms with Crippen LogP contribution in [-0.4, -0.2) is 18.1 Å². The molecule has 20 heavy (non-hydrogen) atoms. The molecule has 0 spiro atoms. The highest BCUT2D eigenvalue weighted by Crippen LogP contribution is 2.32. The van der Waals surface area contributed by atoms with Gasteiger partial charge >= 0.3 is 0 Å². The fourth-order valence-electron chi connectivity index (χ4n) is 1.67. The van der Waals surface area contributed by atoms with Gasteiger partial charge in [0.2, 0.25) is 0 Å². The van der Waals surface area contributed by atoms with Crippen molar-refractivity contribution in [1.29, 1.82) is 0 Å². The Labute approximate surface area is 129 Å². The molecular formula is C13H11Cl2NO3S. The Morgan fingerprint density at radius 3 is 2.70 bits per heavy atom. The van der Waals surface area contributed by atoms with E-state index in [0.717, 1.165) is 11.3 Å². The molecule has 0 atom stereocenters. The van der Waals surface area contributed by atoms with E-state index in [1.165, 1.54) is 13.2 Å². The molecule has 1 amide bonds. The lowest BCUT2D eigenvalue weighted by Crippen LogP contribution is -2.11. The van der Waals surface area contributed by atoms with Crippen molar-refractivity contribution >= 4 is 46.1 Å². The van der Waals surface area contributed by atoms with E-state index >= 15 is 0 Å². The molecule has 0 aliphatic carbocycles. The van der Waals surface area contributed by atoms with E-state index in [0.29, 0.717) is 31.2 Å². The summed E-state index contributed by atoms with van der Waals surface area (Å²) in [4.78, 5) is 12.1. The minimum atomic E-state index is -0.354. The van der Waals surface area contributed by atoms with Crippen molar-refractivity contribution in [3.8, 4) is 5.75 Å². The average Bonchev–Trinajstić information content (AvgIpc) is 2.77. The maximum atomic E-state index is 12.1. The van der Waals surface area contributed by atoms with Gasteiger partial charge in [0.05, 0.1) is 23.6 Å². The molecule has 0 aliphatic heterocycles. The predicted molar refractivity (Wildman–Crippen MR) is 81.2 cm³/mol. The van der Waals surface area contributed by atoms with Crippen LogP contribution in [0, 0.1) is 0 Å². The number of anilines is 1. The molecule has 4 nitrogen and oxygen atoms in total. The summed E-state index contributed by atoms with van der Waals surface area (Å²) in [6.07, 6.45) is 0. The summed E-state index contributed by atoms with van der Waals surface area (Å²) in [6.45, 7) is -0.183. The Balaban J connectivity index is 2.22. The smallest absolute Gasteiger partial charge is 0.258 e. The maximum absolute atomic E-state index is 12.1. The van der Waals surface area contributed by atoms with Gasteiger partial charge in [0.25, 0.3) is 5.91 Å². The summed E-state index contributed by atoms with van der Waals surface area (Å²) >= 11 is 12.9. The first-order chi connectivity index (χ1) is 9.55. The fourth-order valence-corrected chi connectivity index (χ4v) is 3.13. The zero-order valence-electron chi connectivity index (χ0n) is 10.4. The van der Waals surface area contributed by atoms with Gasteiger partial charge in [-0.25, -0.2) is 0 Å². The third-order valence-corrected chi connectivity index (χ3v) is 4.10. The molecule has 106 valence electrons. The summed E-state index contributed by atoms with van der Waals surface area (Å²) in [6, 6.07) is 6.50. The molecule has 1 heterocycles. The molecule has 0 unspecified atom stereocenters. The summed E-state index contributed by atoms with van der Waals surface area (Å²) in [5, 5.41) is 11.9. The number of thiophene rings is 1. The highest BCUT2D eigenvalue weighted by Gasteiger charge is 2.15. The molecule has 1 aromatic heterocycles. The molecule has 2 N–H and O–H groups in total. The first-order valence-corrected chi connectivity index (χ1v) is 7.16. The van der Waals surface area contributed by atoms with Gasteiger partial charge in [-0.3, -0.25) is 4.79 Å². The van der Waals surface area contributed by atoms with Gasteiger partial charge in [-0.15, -0.1) is 11.3 Å². The third kappa shape index (κ3) is 3.24. The summed E-state index contributed by atoms with van der Waals surface area (Å²) in [5.74, 6) is 0.203. The van der Waals surface area contributed by atoms with Crippen LogP contribution >= 0.6 is 34.5 Å². The highest BCUT2D eigenvalue weighted by atomic mass is 35.5. The number of rotatable bonds is 4. The Morgan fingerprint density at radius 2 is 2.15 bits per heavy atom. The van der Waals surface area contributed by atoms with Crippen LogP contribution in [0.5, 0.6) is 5.75 Å². The van der Waals surface area contributed by atoms with Crippen LogP contribution < -0.4 is 10.1 Å². The van der Waals surface area contributed by atoms with Crippen LogP contribution in [0.15, 0.2) is 24.3 Å². The molecule has 1 aromatic carbocycles. The summed E-state index contributed by atoms with van der Waals surface area (Å²) in [5.41, 5.74) is 1.45. The van der Waals surface area contributed by atoms with Crippen molar-refractivity contribution in [2.75, 3.05) is 12.4 Å². The first-order valence-electron chi connectivity index (χ1n) is 5.59. The minimum Gasteiger partial charge on any atom is -0.496 e. The normalized spacial score (nSPS) is 10.4. The Hall–Kier alpha value is -1.27. The molecule has 0 bridgehead atoms. The van der Waals surface area contributed by atoms with Gasteiger partial charge in [0.15, 0.2) is 0 Å². The fraction of sp³-hybridized carbons (Fsp3) is 0.154. The third-order valence-electron chi connectivity index (χ3n) is 2.61. The van der Waals surface area contributed by atoms with Gasteiger partial charge in [0, 0.05) is 11.3 Å². The van der Waals surface area contributed by atoms with Gasteiger partial charge in [-0.2, -0.15) is 0 Å². The van der Waals surface area contributed by atoms with Crippen LogP contribution in [0.1, 0.15) is 15.9 Å². The minimum absolute atomic E-state index is 0.183. The Morgan fingerprint density at radius 1 is 1.40 bits per heavy atom. The number of hydrogen-bond acceptors (Lipinski definition) is 4. The molecule has 2 rings (SSSR count). The molecule has 7 heteroatoms. The zero-order valence-corrected chi connectivity index (χ0v) is 12.8. The number of halogens is 2. The van der Waals surface area contributed by atoms with Crippen molar-refractivity contribution in [3.63, 3.8) is 0 Å². The SMILES string of the molecule is COc1ccc(NC(=O)c2cc(Cl)sc2Cl)cc1CO. The topological polar surface area (TPSA) is 58.6 Å². The number of methoxy groups -OCH3 is 1. The number of amides is 1. The van der Waals surface area contributed by atoms with Gasteiger partial charge < -0.3 is 15.2 Å². The van der Waals surface area contributed by atoms with E-state index in [-0.39, 0.29) is 12.5 Å². The second kappa shape index (κ2) is 6.45. The number of aliphatic hydroxyl groups is 1. The lowest BCUT2D eigenvalue weighted by Gasteiger charge is -2.09. The second-order valence-corrected chi connectivity index (χ2v) is 6.16. The molecule has 0 radical (unpaired) electrons. The predicted octanol–water partition coefficient (Wildman–Crippen LogP) is 3.81. The van der Waals surface area contributed by atoms with Gasteiger partial charge in [0.1, 0.15) is 10.1 Å². The number of hydrogen-bond donors (Lipinski definition) is 2. The summed E-state index contributed by atoms with van der Waals surface area (Å²) in [7, 11) is 1.51. The quantitative estimate of drug-likeness (QED) is 0.895. The molecule has 2 aromatic rings. The Kier molecular flexibility index (Phi) is 4.88. The zero-order chi connectivity index (χ0) is 14.7. The van der Waals surface area contributed by atoms with Crippen LogP contribution in [-0.2, 0) is 6.61 Å². The monoisotopic (exact) mass is 331 g/mol.